The topological polar surface area (TPSA) is 84.5 Å². The van der Waals surface area contributed by atoms with Crippen LogP contribution in [-0.2, 0) is 9.53 Å². The van der Waals surface area contributed by atoms with E-state index in [-0.39, 0.29) is 11.5 Å². The number of amides is 3. The van der Waals surface area contributed by atoms with E-state index in [4.69, 9.17) is 0 Å². The molecule has 22 heavy (non-hydrogen) atoms. The van der Waals surface area contributed by atoms with Crippen LogP contribution in [0.5, 0.6) is 0 Å². The maximum Gasteiger partial charge on any atom is 0.413 e. The SMILES string of the molecule is COC(=O)NC(=O)c1ccsc1NC(=O)/C=C/c1cccs1. The van der Waals surface area contributed by atoms with E-state index >= 15 is 0 Å². The van der Waals surface area contributed by atoms with Crippen molar-refractivity contribution in [2.75, 3.05) is 12.4 Å². The molecular formula is C14H12N2O4S2. The minimum atomic E-state index is -0.855. The number of rotatable bonds is 4. The lowest BCUT2D eigenvalue weighted by Crippen LogP contribution is -2.30. The molecule has 0 radical (unpaired) electrons. The maximum atomic E-state index is 11.8. The molecule has 2 aromatic heterocycles. The molecule has 0 aliphatic carbocycles. The third-order valence-corrected chi connectivity index (χ3v) is 4.16. The van der Waals surface area contributed by atoms with E-state index in [1.54, 1.807) is 11.5 Å². The van der Waals surface area contributed by atoms with Crippen LogP contribution < -0.4 is 10.6 Å². The molecule has 0 aromatic carbocycles. The summed E-state index contributed by atoms with van der Waals surface area (Å²) in [6, 6.07) is 5.28. The van der Waals surface area contributed by atoms with Crippen LogP contribution in [-0.4, -0.2) is 25.0 Å². The lowest BCUT2D eigenvalue weighted by Gasteiger charge is -2.04. The van der Waals surface area contributed by atoms with Gasteiger partial charge in [-0.3, -0.25) is 14.9 Å². The van der Waals surface area contributed by atoms with E-state index in [2.05, 4.69) is 10.1 Å². The number of imide groups is 1. The molecule has 0 fully saturated rings. The summed E-state index contributed by atoms with van der Waals surface area (Å²) in [4.78, 5) is 35.7. The highest BCUT2D eigenvalue weighted by Gasteiger charge is 2.16. The second-order valence-electron chi connectivity index (χ2n) is 3.95. The minimum Gasteiger partial charge on any atom is -0.453 e. The van der Waals surface area contributed by atoms with Gasteiger partial charge < -0.3 is 10.1 Å². The van der Waals surface area contributed by atoms with Crippen LogP contribution in [0, 0.1) is 0 Å². The highest BCUT2D eigenvalue weighted by Crippen LogP contribution is 2.23. The smallest absolute Gasteiger partial charge is 0.413 e. The van der Waals surface area contributed by atoms with Crippen molar-refractivity contribution in [3.8, 4) is 0 Å². The van der Waals surface area contributed by atoms with Crippen molar-refractivity contribution in [2.45, 2.75) is 0 Å². The van der Waals surface area contributed by atoms with Crippen molar-refractivity contribution >= 4 is 51.7 Å². The number of alkyl carbamates (subject to hydrolysis) is 1. The third-order valence-electron chi connectivity index (χ3n) is 2.49. The highest BCUT2D eigenvalue weighted by molar-refractivity contribution is 7.14. The number of ether oxygens (including phenoxy) is 1. The van der Waals surface area contributed by atoms with Gasteiger partial charge in [0.05, 0.1) is 12.7 Å². The fourth-order valence-electron chi connectivity index (χ4n) is 1.49. The summed E-state index contributed by atoms with van der Waals surface area (Å²) < 4.78 is 4.35. The molecule has 6 nitrogen and oxygen atoms in total. The Labute approximate surface area is 134 Å². The summed E-state index contributed by atoms with van der Waals surface area (Å²) in [7, 11) is 1.16. The summed E-state index contributed by atoms with van der Waals surface area (Å²) in [6.45, 7) is 0. The van der Waals surface area contributed by atoms with Gasteiger partial charge in [-0.15, -0.1) is 22.7 Å². The zero-order valence-electron chi connectivity index (χ0n) is 11.5. The Balaban J connectivity index is 2.01. The van der Waals surface area contributed by atoms with Gasteiger partial charge in [-0.1, -0.05) is 6.07 Å². The molecule has 2 rings (SSSR count). The third kappa shape index (κ3) is 4.27. The molecule has 8 heteroatoms. The molecule has 114 valence electrons. The van der Waals surface area contributed by atoms with Crippen molar-refractivity contribution in [1.82, 2.24) is 5.32 Å². The Morgan fingerprint density at radius 1 is 1.18 bits per heavy atom. The molecular weight excluding hydrogens is 324 g/mol. The predicted octanol–water partition coefficient (Wildman–Crippen LogP) is 2.96. The van der Waals surface area contributed by atoms with E-state index in [0.29, 0.717) is 5.00 Å². The fraction of sp³-hybridized carbons (Fsp3) is 0.0714. The number of methoxy groups -OCH3 is 1. The molecule has 3 amide bonds. The standard InChI is InChI=1S/C14H12N2O4S2/c1-20-14(19)16-12(18)10-6-8-22-13(10)15-11(17)5-4-9-3-2-7-21-9/h2-8H,1H3,(H,15,17)(H,16,18,19)/b5-4+. The number of carbonyl (C=O) groups excluding carboxylic acids is 3. The van der Waals surface area contributed by atoms with E-state index in [0.717, 1.165) is 12.0 Å². The zero-order valence-corrected chi connectivity index (χ0v) is 13.1. The lowest BCUT2D eigenvalue weighted by molar-refractivity contribution is -0.111. The number of carbonyl (C=O) groups is 3. The molecule has 0 saturated carbocycles. The van der Waals surface area contributed by atoms with Gasteiger partial charge in [-0.25, -0.2) is 4.79 Å². The molecule has 0 aliphatic heterocycles. The van der Waals surface area contributed by atoms with Crippen molar-refractivity contribution < 1.29 is 19.1 Å². The normalized spacial score (nSPS) is 10.4. The Morgan fingerprint density at radius 3 is 2.68 bits per heavy atom. The highest BCUT2D eigenvalue weighted by atomic mass is 32.1. The molecule has 2 aromatic rings. The zero-order chi connectivity index (χ0) is 15.9. The second kappa shape index (κ2) is 7.53. The van der Waals surface area contributed by atoms with Gasteiger partial charge in [0, 0.05) is 11.0 Å². The molecule has 2 heterocycles. The van der Waals surface area contributed by atoms with Gasteiger partial charge >= 0.3 is 6.09 Å². The Morgan fingerprint density at radius 2 is 2.00 bits per heavy atom. The Bertz CT molecular complexity index is 704. The number of anilines is 1. The van der Waals surface area contributed by atoms with E-state index in [1.165, 1.54) is 34.8 Å². The number of hydrogen-bond donors (Lipinski definition) is 2. The first-order valence-electron chi connectivity index (χ1n) is 6.09. The molecule has 0 unspecified atom stereocenters. The second-order valence-corrected chi connectivity index (χ2v) is 5.84. The average Bonchev–Trinajstić information content (AvgIpc) is 3.16. The first kappa shape index (κ1) is 15.9. The van der Waals surface area contributed by atoms with Crippen molar-refractivity contribution in [1.29, 1.82) is 0 Å². The molecule has 0 bridgehead atoms. The van der Waals surface area contributed by atoms with E-state index < -0.39 is 12.0 Å². The summed E-state index contributed by atoms with van der Waals surface area (Å²) in [5.41, 5.74) is 0.202. The van der Waals surface area contributed by atoms with Gasteiger partial charge in [-0.05, 0) is 29.0 Å². The first-order valence-corrected chi connectivity index (χ1v) is 7.85. The fourth-order valence-corrected chi connectivity index (χ4v) is 2.90. The molecule has 2 N–H and O–H groups in total. The largest absolute Gasteiger partial charge is 0.453 e. The average molecular weight is 336 g/mol. The summed E-state index contributed by atoms with van der Waals surface area (Å²) in [5, 5.41) is 8.56. The summed E-state index contributed by atoms with van der Waals surface area (Å²) >= 11 is 2.70. The molecule has 0 aliphatic rings. The minimum absolute atomic E-state index is 0.202. The van der Waals surface area contributed by atoms with Crippen LogP contribution in [0.25, 0.3) is 6.08 Å². The summed E-state index contributed by atoms with van der Waals surface area (Å²) in [6.07, 6.45) is 2.21. The van der Waals surface area contributed by atoms with Crippen molar-refractivity contribution in [3.63, 3.8) is 0 Å². The van der Waals surface area contributed by atoms with Crippen LogP contribution in [0.1, 0.15) is 15.2 Å². The molecule has 0 atom stereocenters. The quantitative estimate of drug-likeness (QED) is 0.841. The van der Waals surface area contributed by atoms with Crippen molar-refractivity contribution in [3.05, 3.63) is 45.5 Å². The molecule has 0 saturated heterocycles. The van der Waals surface area contributed by atoms with Crippen LogP contribution >= 0.6 is 22.7 Å². The van der Waals surface area contributed by atoms with Crippen LogP contribution in [0.2, 0.25) is 0 Å². The van der Waals surface area contributed by atoms with Gasteiger partial charge in [0.2, 0.25) is 5.91 Å². The van der Waals surface area contributed by atoms with Gasteiger partial charge in [0.1, 0.15) is 5.00 Å². The number of thiophene rings is 2. The van der Waals surface area contributed by atoms with E-state index in [1.807, 2.05) is 22.8 Å². The van der Waals surface area contributed by atoms with E-state index in [9.17, 15) is 14.4 Å². The van der Waals surface area contributed by atoms with Crippen LogP contribution in [0.3, 0.4) is 0 Å². The number of nitrogens with one attached hydrogen (secondary N) is 2. The lowest BCUT2D eigenvalue weighted by atomic mass is 10.3. The Hall–Kier alpha value is -2.45. The first-order chi connectivity index (χ1) is 10.6. The Kier molecular flexibility index (Phi) is 5.45. The monoisotopic (exact) mass is 336 g/mol. The number of hydrogen-bond acceptors (Lipinski definition) is 6. The van der Waals surface area contributed by atoms with Gasteiger partial charge in [0.25, 0.3) is 5.91 Å². The maximum absolute atomic E-state index is 11.8. The van der Waals surface area contributed by atoms with Crippen molar-refractivity contribution in [2.24, 2.45) is 0 Å². The van der Waals surface area contributed by atoms with Crippen LogP contribution in [0.15, 0.2) is 35.0 Å². The predicted molar refractivity (Wildman–Crippen MR) is 86.2 cm³/mol. The van der Waals surface area contributed by atoms with Gasteiger partial charge in [0.15, 0.2) is 0 Å². The van der Waals surface area contributed by atoms with Gasteiger partial charge in [-0.2, -0.15) is 0 Å². The molecule has 0 spiro atoms. The van der Waals surface area contributed by atoms with Crippen LogP contribution in [0.4, 0.5) is 9.80 Å². The summed E-state index contributed by atoms with van der Waals surface area (Å²) in [5.74, 6) is -0.992.